The summed E-state index contributed by atoms with van der Waals surface area (Å²) >= 11 is 0. The SMILES string of the molecule is C[N+]1=C(c2cccc(S(=O)(=O)Nc3ccccc3S(N)(=O)=O)c2)Cc2ccccc21.[HH]. The monoisotopic (exact) mass is 444 g/mol. The van der Waals surface area contributed by atoms with Crippen LogP contribution in [0.3, 0.4) is 0 Å². The molecule has 1 aliphatic rings. The summed E-state index contributed by atoms with van der Waals surface area (Å²) in [7, 11) is -6.17. The molecule has 3 aromatic carbocycles. The number of para-hydroxylation sites is 2. The van der Waals surface area contributed by atoms with Crippen LogP contribution in [0.4, 0.5) is 11.4 Å². The molecule has 0 spiro atoms. The molecule has 0 aliphatic carbocycles. The summed E-state index contributed by atoms with van der Waals surface area (Å²) in [4.78, 5) is -0.258. The number of nitrogens with one attached hydrogen (secondary N) is 1. The van der Waals surface area contributed by atoms with Crippen molar-refractivity contribution < 1.29 is 22.8 Å². The Labute approximate surface area is 177 Å². The Balaban J connectivity index is 0.00000272. The number of nitrogens with zero attached hydrogens (tertiary/aromatic N) is 1. The molecule has 0 amide bonds. The van der Waals surface area contributed by atoms with Gasteiger partial charge in [0.2, 0.25) is 15.7 Å². The van der Waals surface area contributed by atoms with Gasteiger partial charge in [0.15, 0.2) is 5.71 Å². The second-order valence-electron chi connectivity index (χ2n) is 6.99. The average Bonchev–Trinajstić information content (AvgIpc) is 3.04. The van der Waals surface area contributed by atoms with Crippen LogP contribution in [0.1, 0.15) is 12.6 Å². The molecular weight excluding hydrogens is 422 g/mol. The Kier molecular flexibility index (Phi) is 4.97. The number of hydrogen-bond donors (Lipinski definition) is 2. The standard InChI is InChI=1S/C21H20N3O4S2.H2/c1-24-19-11-4-2-7-16(19)14-20(24)15-8-6-9-17(13-15)30(27,28)23-18-10-3-5-12-21(18)29(22,25)26;/h2-13,23H,14H2,1H3,(H2,22,25,26);1H/q+1;. The summed E-state index contributed by atoms with van der Waals surface area (Å²) in [6.45, 7) is 0. The molecular formula is C21H22N3O4S2+. The molecule has 0 saturated carbocycles. The van der Waals surface area contributed by atoms with Gasteiger partial charge in [-0.1, -0.05) is 36.4 Å². The number of fused-ring (bicyclic) bond motifs is 1. The highest BCUT2D eigenvalue weighted by Crippen LogP contribution is 2.28. The van der Waals surface area contributed by atoms with E-state index in [1.54, 1.807) is 12.1 Å². The largest absolute Gasteiger partial charge is 0.278 e. The lowest BCUT2D eigenvalue weighted by Gasteiger charge is -2.12. The second kappa shape index (κ2) is 7.35. The van der Waals surface area contributed by atoms with Crippen molar-refractivity contribution in [2.45, 2.75) is 16.2 Å². The lowest BCUT2D eigenvalue weighted by atomic mass is 10.0. The van der Waals surface area contributed by atoms with Gasteiger partial charge in [0.05, 0.1) is 17.0 Å². The minimum Gasteiger partial charge on any atom is -0.278 e. The molecule has 0 saturated heterocycles. The highest BCUT2D eigenvalue weighted by molar-refractivity contribution is 7.93. The van der Waals surface area contributed by atoms with Crippen LogP contribution in [0.2, 0.25) is 0 Å². The van der Waals surface area contributed by atoms with Gasteiger partial charge in [0, 0.05) is 18.6 Å². The zero-order valence-electron chi connectivity index (χ0n) is 16.1. The van der Waals surface area contributed by atoms with E-state index in [9.17, 15) is 16.8 Å². The Morgan fingerprint density at radius 3 is 2.37 bits per heavy atom. The number of sulfonamides is 2. The van der Waals surface area contributed by atoms with Crippen molar-refractivity contribution in [1.29, 1.82) is 0 Å². The van der Waals surface area contributed by atoms with Crippen molar-refractivity contribution in [2.24, 2.45) is 5.14 Å². The van der Waals surface area contributed by atoms with Crippen LogP contribution < -0.4 is 9.86 Å². The Morgan fingerprint density at radius 2 is 1.63 bits per heavy atom. The maximum absolute atomic E-state index is 13.0. The lowest BCUT2D eigenvalue weighted by Crippen LogP contribution is -2.19. The predicted octanol–water partition coefficient (Wildman–Crippen LogP) is 2.70. The number of nitrogens with two attached hydrogens (primary N) is 1. The van der Waals surface area contributed by atoms with Gasteiger partial charge >= 0.3 is 0 Å². The van der Waals surface area contributed by atoms with Crippen LogP contribution in [0.5, 0.6) is 0 Å². The summed E-state index contributed by atoms with van der Waals surface area (Å²) in [5.41, 5.74) is 3.92. The molecule has 0 radical (unpaired) electrons. The van der Waals surface area contributed by atoms with Crippen LogP contribution in [0, 0.1) is 0 Å². The van der Waals surface area contributed by atoms with Gasteiger partial charge in [-0.15, -0.1) is 0 Å². The maximum Gasteiger partial charge on any atom is 0.261 e. The van der Waals surface area contributed by atoms with E-state index in [-0.39, 0.29) is 16.9 Å². The molecule has 0 atom stereocenters. The van der Waals surface area contributed by atoms with Gasteiger partial charge in [0.25, 0.3) is 10.0 Å². The van der Waals surface area contributed by atoms with E-state index in [1.807, 2.05) is 42.0 Å². The van der Waals surface area contributed by atoms with Crippen molar-refractivity contribution >= 4 is 37.1 Å². The number of benzene rings is 3. The highest BCUT2D eigenvalue weighted by Gasteiger charge is 2.29. The summed E-state index contributed by atoms with van der Waals surface area (Å²) in [6.07, 6.45) is 0.692. The molecule has 156 valence electrons. The lowest BCUT2D eigenvalue weighted by molar-refractivity contribution is -0.401. The van der Waals surface area contributed by atoms with Gasteiger partial charge in [-0.05, 0) is 30.3 Å². The molecule has 0 aromatic heterocycles. The first kappa shape index (κ1) is 20.3. The minimum atomic E-state index is -4.08. The van der Waals surface area contributed by atoms with E-state index < -0.39 is 20.0 Å². The second-order valence-corrected chi connectivity index (χ2v) is 10.2. The molecule has 9 heteroatoms. The van der Waals surface area contributed by atoms with Crippen LogP contribution in [0.15, 0.2) is 82.6 Å². The third kappa shape index (κ3) is 3.74. The molecule has 30 heavy (non-hydrogen) atoms. The Morgan fingerprint density at radius 1 is 0.933 bits per heavy atom. The normalized spacial score (nSPS) is 13.9. The molecule has 7 nitrogen and oxygen atoms in total. The fourth-order valence-corrected chi connectivity index (χ4v) is 5.46. The molecule has 0 unspecified atom stereocenters. The van der Waals surface area contributed by atoms with Gasteiger partial charge in [-0.2, -0.15) is 4.58 Å². The maximum atomic E-state index is 13.0. The van der Waals surface area contributed by atoms with Crippen molar-refractivity contribution in [1.82, 2.24) is 0 Å². The summed E-state index contributed by atoms with van der Waals surface area (Å²) in [6, 6.07) is 20.2. The Bertz CT molecular complexity index is 1400. The first-order chi connectivity index (χ1) is 14.2. The molecule has 3 N–H and O–H groups in total. The first-order valence-corrected chi connectivity index (χ1v) is 12.1. The number of hydrogen-bond acceptors (Lipinski definition) is 4. The quantitative estimate of drug-likeness (QED) is 0.590. The van der Waals surface area contributed by atoms with E-state index in [0.29, 0.717) is 6.42 Å². The molecule has 1 heterocycles. The van der Waals surface area contributed by atoms with Crippen molar-refractivity contribution in [2.75, 3.05) is 11.8 Å². The highest BCUT2D eigenvalue weighted by atomic mass is 32.2. The minimum absolute atomic E-state index is 0. The van der Waals surface area contributed by atoms with E-state index in [4.69, 9.17) is 5.14 Å². The smallest absolute Gasteiger partial charge is 0.261 e. The summed E-state index contributed by atoms with van der Waals surface area (Å²) in [5, 5.41) is 5.21. The van der Waals surface area contributed by atoms with Crippen molar-refractivity contribution in [3.05, 3.63) is 83.9 Å². The Hall–Kier alpha value is -3.01. The zero-order chi connectivity index (χ0) is 21.5. The molecule has 1 aliphatic heterocycles. The third-order valence-electron chi connectivity index (χ3n) is 5.03. The molecule has 0 fully saturated rings. The predicted molar refractivity (Wildman–Crippen MR) is 117 cm³/mol. The van der Waals surface area contributed by atoms with Crippen LogP contribution in [-0.4, -0.2) is 34.2 Å². The zero-order valence-corrected chi connectivity index (χ0v) is 17.7. The fraction of sp³-hybridized carbons (Fsp3) is 0.0952. The number of rotatable bonds is 5. The van der Waals surface area contributed by atoms with Gasteiger partial charge < -0.3 is 0 Å². The summed E-state index contributed by atoms with van der Waals surface area (Å²) < 4.78 is 53.9. The van der Waals surface area contributed by atoms with E-state index in [1.165, 1.54) is 35.9 Å². The molecule has 3 aromatic rings. The topological polar surface area (TPSA) is 109 Å². The number of primary sulfonamides is 1. The van der Waals surface area contributed by atoms with Crippen molar-refractivity contribution in [3.63, 3.8) is 0 Å². The van der Waals surface area contributed by atoms with Crippen LogP contribution in [0.25, 0.3) is 0 Å². The average molecular weight is 445 g/mol. The fourth-order valence-electron chi connectivity index (χ4n) is 3.57. The third-order valence-corrected chi connectivity index (χ3v) is 7.36. The van der Waals surface area contributed by atoms with Gasteiger partial charge in [-0.25, -0.2) is 22.0 Å². The van der Waals surface area contributed by atoms with Gasteiger partial charge in [0.1, 0.15) is 11.9 Å². The van der Waals surface area contributed by atoms with Gasteiger partial charge in [-0.3, -0.25) is 4.72 Å². The molecule has 4 rings (SSSR count). The van der Waals surface area contributed by atoms with Crippen molar-refractivity contribution in [3.8, 4) is 0 Å². The first-order valence-electron chi connectivity index (χ1n) is 9.09. The van der Waals surface area contributed by atoms with E-state index in [2.05, 4.69) is 4.72 Å². The number of anilines is 1. The van der Waals surface area contributed by atoms with E-state index in [0.717, 1.165) is 17.0 Å². The van der Waals surface area contributed by atoms with Crippen LogP contribution in [-0.2, 0) is 26.5 Å². The summed E-state index contributed by atoms with van der Waals surface area (Å²) in [5.74, 6) is 0. The molecule has 0 bridgehead atoms. The van der Waals surface area contributed by atoms with Crippen LogP contribution >= 0.6 is 0 Å². The van der Waals surface area contributed by atoms with E-state index >= 15 is 0 Å².